The van der Waals surface area contributed by atoms with Crippen LogP contribution in [0, 0.1) is 0 Å². The van der Waals surface area contributed by atoms with Crippen molar-refractivity contribution in [3.8, 4) is 0 Å². The summed E-state index contributed by atoms with van der Waals surface area (Å²) in [5, 5.41) is 7.78. The fourth-order valence-corrected chi connectivity index (χ4v) is 4.07. The molecule has 1 unspecified atom stereocenters. The quantitative estimate of drug-likeness (QED) is 0.492. The number of hydrogen-bond acceptors (Lipinski definition) is 6. The first kappa shape index (κ1) is 23.6. The van der Waals surface area contributed by atoms with Crippen LogP contribution in [0.5, 0.6) is 0 Å². The van der Waals surface area contributed by atoms with E-state index in [-0.39, 0.29) is 43.5 Å². The molecular formula is C24H25ClN4O5. The lowest BCUT2D eigenvalue weighted by Gasteiger charge is -2.43. The number of amides is 2. The number of esters is 1. The van der Waals surface area contributed by atoms with Crippen LogP contribution in [-0.4, -0.2) is 51.2 Å². The third-order valence-corrected chi connectivity index (χ3v) is 6.05. The van der Waals surface area contributed by atoms with Gasteiger partial charge in [0.2, 0.25) is 5.91 Å². The van der Waals surface area contributed by atoms with Gasteiger partial charge in [0.15, 0.2) is 5.69 Å². The molecule has 3 aromatic rings. The summed E-state index contributed by atoms with van der Waals surface area (Å²) in [6.07, 6.45) is 1.99. The fourth-order valence-electron chi connectivity index (χ4n) is 3.95. The maximum atomic E-state index is 13.5. The molecule has 3 heterocycles. The summed E-state index contributed by atoms with van der Waals surface area (Å²) < 4.78 is 11.8. The molecule has 0 radical (unpaired) electrons. The number of furan rings is 1. The van der Waals surface area contributed by atoms with Crippen LogP contribution in [0.2, 0.25) is 5.02 Å². The van der Waals surface area contributed by atoms with Crippen molar-refractivity contribution < 1.29 is 23.5 Å². The Balaban J connectivity index is 1.61. The highest BCUT2D eigenvalue weighted by Gasteiger charge is 2.48. The van der Waals surface area contributed by atoms with Crippen LogP contribution in [0.25, 0.3) is 0 Å². The molecule has 0 spiro atoms. The van der Waals surface area contributed by atoms with Crippen molar-refractivity contribution in [3.05, 3.63) is 76.5 Å². The highest BCUT2D eigenvalue weighted by molar-refractivity contribution is 6.30. The number of nitrogens with one attached hydrogen (secondary N) is 1. The van der Waals surface area contributed by atoms with Crippen LogP contribution in [0.4, 0.5) is 0 Å². The van der Waals surface area contributed by atoms with Gasteiger partial charge in [0.05, 0.1) is 19.4 Å². The predicted octanol–water partition coefficient (Wildman–Crippen LogP) is 3.08. The molecule has 0 saturated heterocycles. The Morgan fingerprint density at radius 1 is 1.26 bits per heavy atom. The summed E-state index contributed by atoms with van der Waals surface area (Å²) in [6.45, 7) is 4.17. The van der Waals surface area contributed by atoms with Crippen molar-refractivity contribution in [1.29, 1.82) is 0 Å². The van der Waals surface area contributed by atoms with Crippen LogP contribution in [0.1, 0.15) is 46.1 Å². The number of nitrogens with zero attached hydrogens (tertiary/aromatic N) is 3. The first-order valence-corrected chi connectivity index (χ1v) is 11.3. The number of carbonyl (C=O) groups is 3. The Morgan fingerprint density at radius 3 is 2.71 bits per heavy atom. The van der Waals surface area contributed by atoms with Crippen molar-refractivity contribution in [1.82, 2.24) is 20.0 Å². The minimum absolute atomic E-state index is 0.0296. The smallest absolute Gasteiger partial charge is 0.358 e. The second kappa shape index (κ2) is 9.72. The van der Waals surface area contributed by atoms with Gasteiger partial charge in [0, 0.05) is 30.6 Å². The molecule has 0 saturated carbocycles. The van der Waals surface area contributed by atoms with Gasteiger partial charge in [0.25, 0.3) is 5.91 Å². The van der Waals surface area contributed by atoms with Gasteiger partial charge in [0.1, 0.15) is 17.0 Å². The summed E-state index contributed by atoms with van der Waals surface area (Å²) in [5.74, 6) is -0.657. The van der Waals surface area contributed by atoms with Gasteiger partial charge in [-0.05, 0) is 43.7 Å². The number of hydrogen-bond donors (Lipinski definition) is 1. The molecule has 2 amide bonds. The number of rotatable bonds is 8. The lowest BCUT2D eigenvalue weighted by atomic mass is 9.94. The Hall–Kier alpha value is -3.59. The molecule has 1 aliphatic heterocycles. The zero-order valence-electron chi connectivity index (χ0n) is 18.9. The zero-order chi connectivity index (χ0) is 24.3. The molecule has 1 aliphatic rings. The lowest BCUT2D eigenvalue weighted by molar-refractivity contribution is -0.133. The standard InChI is InChI=1S/C24H25ClN4O5/c1-3-33-22(31)19-13-20-21(30)28(11-10-18-5-4-12-34-18)24(2,15-29(20)27-19)23(32)26-14-16-6-8-17(25)9-7-16/h4-9,12-13H,3,10-11,14-15H2,1-2H3,(H,26,32). The minimum atomic E-state index is -1.25. The molecule has 2 aromatic heterocycles. The summed E-state index contributed by atoms with van der Waals surface area (Å²) in [6, 6.07) is 12.1. The van der Waals surface area contributed by atoms with E-state index in [9.17, 15) is 14.4 Å². The number of benzene rings is 1. The van der Waals surface area contributed by atoms with E-state index in [0.717, 1.165) is 5.56 Å². The molecule has 0 fully saturated rings. The molecule has 178 valence electrons. The van der Waals surface area contributed by atoms with Gasteiger partial charge < -0.3 is 19.4 Å². The van der Waals surface area contributed by atoms with E-state index in [0.29, 0.717) is 17.2 Å². The van der Waals surface area contributed by atoms with Crippen LogP contribution < -0.4 is 5.32 Å². The Morgan fingerprint density at radius 2 is 2.03 bits per heavy atom. The van der Waals surface area contributed by atoms with E-state index >= 15 is 0 Å². The third-order valence-electron chi connectivity index (χ3n) is 5.80. The third kappa shape index (κ3) is 4.70. The molecule has 10 heteroatoms. The second-order valence-electron chi connectivity index (χ2n) is 8.16. The Kier molecular flexibility index (Phi) is 6.74. The first-order valence-electron chi connectivity index (χ1n) is 10.9. The average Bonchev–Trinajstić information content (AvgIpc) is 3.48. The van der Waals surface area contributed by atoms with E-state index in [2.05, 4.69) is 10.4 Å². The number of ether oxygens (including phenoxy) is 1. The molecule has 0 bridgehead atoms. The molecule has 4 rings (SSSR count). The van der Waals surface area contributed by atoms with Crippen molar-refractivity contribution in [2.24, 2.45) is 0 Å². The zero-order valence-corrected chi connectivity index (χ0v) is 19.7. The van der Waals surface area contributed by atoms with Crippen molar-refractivity contribution in [2.45, 2.75) is 38.9 Å². The van der Waals surface area contributed by atoms with E-state index in [1.54, 1.807) is 38.3 Å². The topological polar surface area (TPSA) is 107 Å². The molecule has 9 nitrogen and oxygen atoms in total. The monoisotopic (exact) mass is 484 g/mol. The molecular weight excluding hydrogens is 460 g/mol. The molecule has 34 heavy (non-hydrogen) atoms. The van der Waals surface area contributed by atoms with Crippen LogP contribution >= 0.6 is 11.6 Å². The predicted molar refractivity (Wildman–Crippen MR) is 123 cm³/mol. The maximum Gasteiger partial charge on any atom is 0.358 e. The van der Waals surface area contributed by atoms with Crippen molar-refractivity contribution in [2.75, 3.05) is 13.2 Å². The van der Waals surface area contributed by atoms with Gasteiger partial charge in [-0.3, -0.25) is 14.3 Å². The number of halogens is 1. The van der Waals surface area contributed by atoms with Gasteiger partial charge in [-0.2, -0.15) is 5.10 Å². The normalized spacial score (nSPS) is 17.4. The number of aromatic nitrogens is 2. The Labute approximate surface area is 201 Å². The van der Waals surface area contributed by atoms with E-state index in [4.69, 9.17) is 20.8 Å². The highest BCUT2D eigenvalue weighted by atomic mass is 35.5. The first-order chi connectivity index (χ1) is 16.3. The summed E-state index contributed by atoms with van der Waals surface area (Å²) in [5.41, 5.74) is -0.122. The Bertz CT molecular complexity index is 1190. The second-order valence-corrected chi connectivity index (χ2v) is 8.60. The highest BCUT2D eigenvalue weighted by Crippen LogP contribution is 2.28. The number of carbonyl (C=O) groups excluding carboxylic acids is 3. The molecule has 1 aromatic carbocycles. The van der Waals surface area contributed by atoms with Crippen LogP contribution in [0.15, 0.2) is 53.1 Å². The molecule has 0 aliphatic carbocycles. The van der Waals surface area contributed by atoms with E-state index < -0.39 is 17.4 Å². The van der Waals surface area contributed by atoms with Gasteiger partial charge >= 0.3 is 5.97 Å². The van der Waals surface area contributed by atoms with Crippen LogP contribution in [0.3, 0.4) is 0 Å². The van der Waals surface area contributed by atoms with Crippen LogP contribution in [-0.2, 0) is 29.0 Å². The lowest BCUT2D eigenvalue weighted by Crippen LogP contribution is -2.64. The number of fused-ring (bicyclic) bond motifs is 1. The van der Waals surface area contributed by atoms with Crippen molar-refractivity contribution >= 4 is 29.4 Å². The summed E-state index contributed by atoms with van der Waals surface area (Å²) >= 11 is 5.94. The van der Waals surface area contributed by atoms with Gasteiger partial charge in [-0.15, -0.1) is 0 Å². The molecule has 1 atom stereocenters. The maximum absolute atomic E-state index is 13.5. The summed E-state index contributed by atoms with van der Waals surface area (Å²) in [4.78, 5) is 40.6. The molecule has 1 N–H and O–H groups in total. The fraction of sp³-hybridized carbons (Fsp3) is 0.333. The van der Waals surface area contributed by atoms with Gasteiger partial charge in [-0.25, -0.2) is 4.79 Å². The minimum Gasteiger partial charge on any atom is -0.469 e. The van der Waals surface area contributed by atoms with Gasteiger partial charge in [-0.1, -0.05) is 23.7 Å². The van der Waals surface area contributed by atoms with Crippen molar-refractivity contribution in [3.63, 3.8) is 0 Å². The average molecular weight is 485 g/mol. The van der Waals surface area contributed by atoms with E-state index in [1.807, 2.05) is 18.2 Å². The van der Waals surface area contributed by atoms with E-state index in [1.165, 1.54) is 15.6 Å². The largest absolute Gasteiger partial charge is 0.469 e. The summed E-state index contributed by atoms with van der Waals surface area (Å²) in [7, 11) is 0. The SMILES string of the molecule is CCOC(=O)c1cc2n(n1)CC(C)(C(=O)NCc1ccc(Cl)cc1)N(CCc1ccco1)C2=O.